The van der Waals surface area contributed by atoms with Crippen molar-refractivity contribution >= 4 is 17.8 Å². The lowest BCUT2D eigenvalue weighted by molar-refractivity contribution is -0.191. The minimum Gasteiger partial charge on any atom is -0.405 e. The average molecular weight is 226 g/mol. The Morgan fingerprint density at radius 1 is 1.47 bits per heavy atom. The number of hydrogen-bond acceptors (Lipinski definition) is 4. The van der Waals surface area contributed by atoms with Crippen LogP contribution < -0.4 is 5.73 Å². The molecule has 0 radical (unpaired) electrons. The maximum Gasteiger partial charge on any atom is 0.491 e. The van der Waals surface area contributed by atoms with E-state index in [2.05, 4.69) is 4.74 Å². The van der Waals surface area contributed by atoms with Crippen molar-refractivity contribution in [3.05, 3.63) is 0 Å². The zero-order chi connectivity index (χ0) is 12.2. The van der Waals surface area contributed by atoms with Gasteiger partial charge in [0.2, 0.25) is 11.8 Å². The molecular formula is C7H9F3N2O3. The van der Waals surface area contributed by atoms with Crippen molar-refractivity contribution in [1.29, 1.82) is 5.41 Å². The van der Waals surface area contributed by atoms with Crippen LogP contribution in [0.15, 0.2) is 0 Å². The van der Waals surface area contributed by atoms with Crippen LogP contribution in [0.5, 0.6) is 0 Å². The summed E-state index contributed by atoms with van der Waals surface area (Å²) in [5, 5.41) is 6.94. The Bertz CT molecular complexity index is 288. The molecule has 8 heteroatoms. The van der Waals surface area contributed by atoms with Crippen molar-refractivity contribution in [3.8, 4) is 0 Å². The second kappa shape index (κ2) is 4.76. The molecular weight excluding hydrogens is 217 g/mol. The van der Waals surface area contributed by atoms with E-state index in [0.29, 0.717) is 0 Å². The Hall–Kier alpha value is -1.60. The van der Waals surface area contributed by atoms with Crippen molar-refractivity contribution in [2.75, 3.05) is 0 Å². The summed E-state index contributed by atoms with van der Waals surface area (Å²) in [6, 6.07) is 0. The van der Waals surface area contributed by atoms with Crippen molar-refractivity contribution in [3.63, 3.8) is 0 Å². The fourth-order valence-electron chi connectivity index (χ4n) is 0.745. The van der Waals surface area contributed by atoms with Crippen LogP contribution in [0.4, 0.5) is 13.2 Å². The summed E-state index contributed by atoms with van der Waals surface area (Å²) in [7, 11) is 0. The van der Waals surface area contributed by atoms with Gasteiger partial charge in [-0.15, -0.1) is 0 Å². The van der Waals surface area contributed by atoms with E-state index in [1.54, 1.807) is 0 Å². The molecule has 0 bridgehead atoms. The van der Waals surface area contributed by atoms with E-state index in [1.807, 2.05) is 0 Å². The van der Waals surface area contributed by atoms with Gasteiger partial charge in [-0.3, -0.25) is 10.2 Å². The summed E-state index contributed by atoms with van der Waals surface area (Å²) >= 11 is 0. The predicted molar refractivity (Wildman–Crippen MR) is 42.8 cm³/mol. The van der Waals surface area contributed by atoms with Crippen LogP contribution >= 0.6 is 0 Å². The molecule has 0 aromatic heterocycles. The van der Waals surface area contributed by atoms with Crippen LogP contribution in [-0.4, -0.2) is 24.0 Å². The topological polar surface area (TPSA) is 93.2 Å². The highest BCUT2D eigenvalue weighted by molar-refractivity contribution is 6.02. The number of carbonyl (C=O) groups is 2. The van der Waals surface area contributed by atoms with Gasteiger partial charge in [0.25, 0.3) is 0 Å². The van der Waals surface area contributed by atoms with Crippen LogP contribution in [0.25, 0.3) is 0 Å². The Morgan fingerprint density at radius 2 is 1.93 bits per heavy atom. The van der Waals surface area contributed by atoms with Crippen molar-refractivity contribution < 1.29 is 27.5 Å². The molecule has 1 unspecified atom stereocenters. The van der Waals surface area contributed by atoms with E-state index < -0.39 is 29.9 Å². The van der Waals surface area contributed by atoms with Crippen LogP contribution in [-0.2, 0) is 14.3 Å². The van der Waals surface area contributed by atoms with Gasteiger partial charge in [0.05, 0.1) is 0 Å². The Morgan fingerprint density at radius 3 is 2.20 bits per heavy atom. The van der Waals surface area contributed by atoms with Gasteiger partial charge in [-0.05, 0) is 6.42 Å². The van der Waals surface area contributed by atoms with Gasteiger partial charge < -0.3 is 10.5 Å². The van der Waals surface area contributed by atoms with E-state index in [0.717, 1.165) is 0 Å². The van der Waals surface area contributed by atoms with Gasteiger partial charge in [0, 0.05) is 0 Å². The molecule has 0 saturated carbocycles. The zero-order valence-corrected chi connectivity index (χ0v) is 7.72. The number of primary amides is 1. The fourth-order valence-corrected chi connectivity index (χ4v) is 0.745. The summed E-state index contributed by atoms with van der Waals surface area (Å²) < 4.78 is 38.7. The molecule has 0 saturated heterocycles. The summed E-state index contributed by atoms with van der Waals surface area (Å²) in [5.41, 5.74) is 4.78. The van der Waals surface area contributed by atoms with Crippen molar-refractivity contribution in [2.45, 2.75) is 19.5 Å². The molecule has 0 spiro atoms. The highest BCUT2D eigenvalue weighted by atomic mass is 19.4. The molecule has 0 rings (SSSR count). The van der Waals surface area contributed by atoms with Crippen LogP contribution in [0.1, 0.15) is 13.3 Å². The number of hydrogen-bond donors (Lipinski definition) is 2. The predicted octanol–water partition coefficient (Wildman–Crippen LogP) is 0.581. The highest BCUT2D eigenvalue weighted by Gasteiger charge is 2.42. The lowest BCUT2D eigenvalue weighted by atomic mass is 10.1. The third kappa shape index (κ3) is 3.96. The number of esters is 1. The van der Waals surface area contributed by atoms with Crippen LogP contribution in [0, 0.1) is 11.3 Å². The third-order valence-corrected chi connectivity index (χ3v) is 1.50. The molecule has 0 fully saturated rings. The molecule has 0 aromatic rings. The largest absolute Gasteiger partial charge is 0.491 e. The molecule has 0 aliphatic rings. The molecule has 1 atom stereocenters. The van der Waals surface area contributed by atoms with Crippen molar-refractivity contribution in [2.24, 2.45) is 11.7 Å². The average Bonchev–Trinajstić information content (AvgIpc) is 2.02. The van der Waals surface area contributed by atoms with Gasteiger partial charge in [-0.2, -0.15) is 13.2 Å². The van der Waals surface area contributed by atoms with Crippen LogP contribution in [0.3, 0.4) is 0 Å². The fraction of sp³-hybridized carbons (Fsp3) is 0.571. The second-order valence-corrected chi connectivity index (χ2v) is 2.61. The van der Waals surface area contributed by atoms with E-state index >= 15 is 0 Å². The molecule has 0 aromatic carbocycles. The lowest BCUT2D eigenvalue weighted by Crippen LogP contribution is -2.35. The minimum absolute atomic E-state index is 0.0146. The summed E-state index contributed by atoms with van der Waals surface area (Å²) in [5.74, 6) is -5.96. The number of amides is 1. The number of halogens is 3. The summed E-state index contributed by atoms with van der Waals surface area (Å²) in [6.07, 6.45) is -5.21. The van der Waals surface area contributed by atoms with Gasteiger partial charge in [-0.25, -0.2) is 4.79 Å². The third-order valence-electron chi connectivity index (χ3n) is 1.50. The second-order valence-electron chi connectivity index (χ2n) is 2.61. The number of alkyl halides is 3. The SMILES string of the molecule is CCC(C(=N)OC(=O)C(F)(F)F)C(N)=O. The van der Waals surface area contributed by atoms with E-state index in [9.17, 15) is 22.8 Å². The Kier molecular flexibility index (Phi) is 4.25. The number of nitrogens with two attached hydrogens (primary N) is 1. The zero-order valence-electron chi connectivity index (χ0n) is 7.72. The Labute approximate surface area is 82.9 Å². The van der Waals surface area contributed by atoms with Crippen molar-refractivity contribution in [1.82, 2.24) is 0 Å². The summed E-state index contributed by atoms with van der Waals surface area (Å²) in [4.78, 5) is 20.9. The van der Waals surface area contributed by atoms with Crippen LogP contribution in [0.2, 0.25) is 0 Å². The molecule has 1 amide bonds. The van der Waals surface area contributed by atoms with Gasteiger partial charge in [0.1, 0.15) is 5.92 Å². The number of nitrogens with one attached hydrogen (secondary N) is 1. The molecule has 86 valence electrons. The van der Waals surface area contributed by atoms with Gasteiger partial charge in [-0.1, -0.05) is 6.92 Å². The van der Waals surface area contributed by atoms with E-state index in [-0.39, 0.29) is 6.42 Å². The van der Waals surface area contributed by atoms with Gasteiger partial charge in [0.15, 0.2) is 0 Å². The summed E-state index contributed by atoms with van der Waals surface area (Å²) in [6.45, 7) is 1.42. The first kappa shape index (κ1) is 13.4. The first-order chi connectivity index (χ1) is 6.70. The molecule has 0 heterocycles. The maximum absolute atomic E-state index is 11.7. The standard InChI is InChI=1S/C7H9F3N2O3/c1-2-3(4(11)13)5(12)15-6(14)7(8,9)10/h3,12H,2H2,1H3,(H2,11,13). The molecule has 5 nitrogen and oxygen atoms in total. The molecule has 15 heavy (non-hydrogen) atoms. The smallest absolute Gasteiger partial charge is 0.405 e. The lowest BCUT2D eigenvalue weighted by Gasteiger charge is -2.12. The normalized spacial score (nSPS) is 13.1. The first-order valence-electron chi connectivity index (χ1n) is 3.86. The monoisotopic (exact) mass is 226 g/mol. The molecule has 0 aliphatic carbocycles. The number of rotatable bonds is 3. The quantitative estimate of drug-likeness (QED) is 0.418. The first-order valence-corrected chi connectivity index (χ1v) is 3.86. The number of carbonyl (C=O) groups excluding carboxylic acids is 2. The Balaban J connectivity index is 4.49. The highest BCUT2D eigenvalue weighted by Crippen LogP contribution is 2.18. The van der Waals surface area contributed by atoms with E-state index in [1.165, 1.54) is 6.92 Å². The van der Waals surface area contributed by atoms with Gasteiger partial charge >= 0.3 is 12.1 Å². The minimum atomic E-state index is -5.19. The maximum atomic E-state index is 11.7. The van der Waals surface area contributed by atoms with E-state index in [4.69, 9.17) is 11.1 Å². The number of ether oxygens (including phenoxy) is 1. The molecule has 0 aliphatic heterocycles. The molecule has 3 N–H and O–H groups in total.